The number of hydrogen-bond donors (Lipinski definition) is 1. The highest BCUT2D eigenvalue weighted by Crippen LogP contribution is 2.30. The molecule has 0 aromatic heterocycles. The zero-order valence-electron chi connectivity index (χ0n) is 11.8. The monoisotopic (exact) mass is 325 g/mol. The largest absolute Gasteiger partial charge is 0.497 e. The first-order chi connectivity index (χ1) is 9.99. The van der Waals surface area contributed by atoms with Crippen LogP contribution < -0.4 is 15.2 Å². The Labute approximate surface area is 134 Å². The number of methoxy groups -OCH3 is 1. The van der Waals surface area contributed by atoms with Crippen LogP contribution >= 0.6 is 23.2 Å². The van der Waals surface area contributed by atoms with Gasteiger partial charge >= 0.3 is 0 Å². The van der Waals surface area contributed by atoms with Crippen molar-refractivity contribution in [3.05, 3.63) is 58.1 Å². The Morgan fingerprint density at radius 3 is 2.00 bits per heavy atom. The van der Waals surface area contributed by atoms with Gasteiger partial charge in [0.05, 0.1) is 7.11 Å². The number of nitrogens with two attached hydrogens (primary N) is 1. The zero-order valence-corrected chi connectivity index (χ0v) is 13.4. The van der Waals surface area contributed by atoms with Crippen molar-refractivity contribution in [3.8, 4) is 11.5 Å². The third-order valence-corrected chi connectivity index (χ3v) is 3.46. The van der Waals surface area contributed by atoms with Gasteiger partial charge in [-0.1, -0.05) is 35.3 Å². The van der Waals surface area contributed by atoms with Crippen molar-refractivity contribution in [1.29, 1.82) is 0 Å². The molecule has 2 rings (SSSR count). The smallest absolute Gasteiger partial charge is 0.138 e. The van der Waals surface area contributed by atoms with E-state index in [-0.39, 0.29) is 12.1 Å². The molecule has 0 bridgehead atoms. The summed E-state index contributed by atoms with van der Waals surface area (Å²) in [7, 11) is 1.63. The molecule has 21 heavy (non-hydrogen) atoms. The molecule has 0 aliphatic heterocycles. The molecule has 0 fully saturated rings. The van der Waals surface area contributed by atoms with E-state index in [1.54, 1.807) is 25.3 Å². The summed E-state index contributed by atoms with van der Waals surface area (Å²) in [5.41, 5.74) is 7.00. The van der Waals surface area contributed by atoms with E-state index in [2.05, 4.69) is 0 Å². The molecule has 0 heterocycles. The summed E-state index contributed by atoms with van der Waals surface area (Å²) in [6.07, 6.45) is -0.301. The number of hydrogen-bond acceptors (Lipinski definition) is 3. The van der Waals surface area contributed by atoms with Gasteiger partial charge in [-0.25, -0.2) is 0 Å². The highest BCUT2D eigenvalue weighted by Gasteiger charge is 2.18. The molecule has 2 unspecified atom stereocenters. The van der Waals surface area contributed by atoms with Gasteiger partial charge in [0.2, 0.25) is 0 Å². The van der Waals surface area contributed by atoms with Crippen molar-refractivity contribution >= 4 is 23.2 Å². The van der Waals surface area contributed by atoms with Crippen LogP contribution in [0.3, 0.4) is 0 Å². The van der Waals surface area contributed by atoms with Crippen LogP contribution in [0.4, 0.5) is 0 Å². The van der Waals surface area contributed by atoms with Gasteiger partial charge in [0, 0.05) is 16.1 Å². The van der Waals surface area contributed by atoms with Gasteiger partial charge in [-0.05, 0) is 42.8 Å². The van der Waals surface area contributed by atoms with Crippen molar-refractivity contribution in [1.82, 2.24) is 0 Å². The minimum Gasteiger partial charge on any atom is -0.497 e. The highest BCUT2D eigenvalue weighted by molar-refractivity contribution is 6.34. The third-order valence-electron chi connectivity index (χ3n) is 3.02. The van der Waals surface area contributed by atoms with E-state index in [1.807, 2.05) is 31.2 Å². The maximum absolute atomic E-state index is 6.04. The number of ether oxygens (including phenoxy) is 2. The first-order valence-electron chi connectivity index (χ1n) is 6.52. The maximum Gasteiger partial charge on any atom is 0.138 e. The molecule has 0 amide bonds. The Morgan fingerprint density at radius 1 is 0.952 bits per heavy atom. The molecule has 0 saturated carbocycles. The number of benzene rings is 2. The molecule has 3 nitrogen and oxygen atoms in total. The van der Waals surface area contributed by atoms with Crippen LogP contribution in [-0.4, -0.2) is 13.2 Å². The van der Waals surface area contributed by atoms with Crippen LogP contribution in [0, 0.1) is 0 Å². The molecule has 2 aromatic carbocycles. The predicted octanol–water partition coefficient (Wildman–Crippen LogP) is 4.47. The lowest BCUT2D eigenvalue weighted by Crippen LogP contribution is -2.29. The van der Waals surface area contributed by atoms with Gasteiger partial charge in [0.25, 0.3) is 0 Å². The predicted molar refractivity (Wildman–Crippen MR) is 86.5 cm³/mol. The van der Waals surface area contributed by atoms with Crippen LogP contribution in [0.2, 0.25) is 10.0 Å². The van der Waals surface area contributed by atoms with Crippen molar-refractivity contribution in [2.75, 3.05) is 7.11 Å². The number of rotatable bonds is 5. The molecule has 0 aliphatic carbocycles. The molecular weight excluding hydrogens is 309 g/mol. The van der Waals surface area contributed by atoms with E-state index in [4.69, 9.17) is 38.4 Å². The fraction of sp³-hybridized carbons (Fsp3) is 0.250. The minimum atomic E-state index is -0.301. The van der Waals surface area contributed by atoms with Crippen LogP contribution in [0.5, 0.6) is 11.5 Å². The summed E-state index contributed by atoms with van der Waals surface area (Å²) in [6.45, 7) is 1.89. The van der Waals surface area contributed by atoms with Gasteiger partial charge < -0.3 is 15.2 Å². The van der Waals surface area contributed by atoms with Crippen molar-refractivity contribution in [2.24, 2.45) is 5.73 Å². The molecule has 0 aliphatic rings. The maximum atomic E-state index is 6.04. The van der Waals surface area contributed by atoms with Gasteiger partial charge in [0.15, 0.2) is 0 Å². The van der Waals surface area contributed by atoms with E-state index in [1.165, 1.54) is 0 Å². The molecule has 0 radical (unpaired) electrons. The lowest BCUT2D eigenvalue weighted by Gasteiger charge is -2.23. The average molecular weight is 326 g/mol. The molecular formula is C16H17Cl2NO2. The standard InChI is InChI=1S/C16H17Cl2NO2/c1-10(19)16(11-3-5-14(20-2)6-4-11)21-15-8-12(17)7-13(18)9-15/h3-10,16H,19H2,1-2H3. The topological polar surface area (TPSA) is 44.5 Å². The molecule has 2 N–H and O–H groups in total. The normalized spacial score (nSPS) is 13.6. The van der Waals surface area contributed by atoms with Gasteiger partial charge in [0.1, 0.15) is 17.6 Å². The summed E-state index contributed by atoms with van der Waals surface area (Å²) in [5, 5.41) is 1.05. The average Bonchev–Trinajstić information content (AvgIpc) is 2.43. The van der Waals surface area contributed by atoms with Crippen LogP contribution in [0.1, 0.15) is 18.6 Å². The lowest BCUT2D eigenvalue weighted by atomic mass is 10.0. The van der Waals surface area contributed by atoms with Gasteiger partial charge in [-0.2, -0.15) is 0 Å². The number of halogens is 2. The summed E-state index contributed by atoms with van der Waals surface area (Å²) in [5.74, 6) is 1.37. The molecule has 0 spiro atoms. The zero-order chi connectivity index (χ0) is 15.4. The second-order valence-electron chi connectivity index (χ2n) is 4.78. The SMILES string of the molecule is COc1ccc(C(Oc2cc(Cl)cc(Cl)c2)C(C)N)cc1. The molecule has 2 aromatic rings. The molecule has 5 heteroatoms. The van der Waals surface area contributed by atoms with E-state index in [0.29, 0.717) is 15.8 Å². The third kappa shape index (κ3) is 4.27. The van der Waals surface area contributed by atoms with Gasteiger partial charge in [-0.15, -0.1) is 0 Å². The van der Waals surface area contributed by atoms with Gasteiger partial charge in [-0.3, -0.25) is 0 Å². The van der Waals surface area contributed by atoms with E-state index in [9.17, 15) is 0 Å². The summed E-state index contributed by atoms with van der Waals surface area (Å²) in [4.78, 5) is 0. The van der Waals surface area contributed by atoms with Crippen molar-refractivity contribution in [3.63, 3.8) is 0 Å². The van der Waals surface area contributed by atoms with Crippen molar-refractivity contribution in [2.45, 2.75) is 19.1 Å². The molecule has 2 atom stereocenters. The summed E-state index contributed by atoms with van der Waals surface area (Å²) >= 11 is 12.0. The van der Waals surface area contributed by atoms with Crippen LogP contribution in [0.25, 0.3) is 0 Å². The van der Waals surface area contributed by atoms with Crippen LogP contribution in [-0.2, 0) is 0 Å². The minimum absolute atomic E-state index is 0.198. The Balaban J connectivity index is 2.26. The van der Waals surface area contributed by atoms with Crippen molar-refractivity contribution < 1.29 is 9.47 Å². The Kier molecular flexibility index (Phi) is 5.34. The second kappa shape index (κ2) is 7.03. The summed E-state index contributed by atoms with van der Waals surface area (Å²) in [6, 6.07) is 12.5. The van der Waals surface area contributed by atoms with E-state index < -0.39 is 0 Å². The van der Waals surface area contributed by atoms with E-state index >= 15 is 0 Å². The second-order valence-corrected chi connectivity index (χ2v) is 5.65. The quantitative estimate of drug-likeness (QED) is 0.882. The lowest BCUT2D eigenvalue weighted by molar-refractivity contribution is 0.180. The Morgan fingerprint density at radius 2 is 1.52 bits per heavy atom. The van der Waals surface area contributed by atoms with E-state index in [0.717, 1.165) is 11.3 Å². The fourth-order valence-electron chi connectivity index (χ4n) is 2.02. The fourth-order valence-corrected chi connectivity index (χ4v) is 2.52. The first kappa shape index (κ1) is 16.0. The summed E-state index contributed by atoms with van der Waals surface area (Å²) < 4.78 is 11.1. The Hall–Kier alpha value is -1.42. The van der Waals surface area contributed by atoms with Crippen LogP contribution in [0.15, 0.2) is 42.5 Å². The molecule has 112 valence electrons. The molecule has 0 saturated heterocycles. The Bertz CT molecular complexity index is 579. The first-order valence-corrected chi connectivity index (χ1v) is 7.27. The highest BCUT2D eigenvalue weighted by atomic mass is 35.5.